The summed E-state index contributed by atoms with van der Waals surface area (Å²) in [6.45, 7) is 0.990. The lowest BCUT2D eigenvalue weighted by molar-refractivity contribution is 0.217. The number of nitrogens with one attached hydrogen (secondary N) is 1. The third kappa shape index (κ3) is 3.95. The van der Waals surface area contributed by atoms with E-state index in [0.29, 0.717) is 19.0 Å². The molecule has 0 radical (unpaired) electrons. The number of nitrogens with zero attached hydrogens (tertiary/aromatic N) is 1. The Balaban J connectivity index is 1.53. The van der Waals surface area contributed by atoms with Gasteiger partial charge in [0.15, 0.2) is 5.82 Å². The predicted molar refractivity (Wildman–Crippen MR) is 98.6 cm³/mol. The minimum Gasteiger partial charge on any atom is -0.490 e. The molecule has 2 aromatic carbocycles. The fourth-order valence-corrected chi connectivity index (χ4v) is 2.64. The Labute approximate surface area is 148 Å². The Hall–Kier alpha value is -2.22. The van der Waals surface area contributed by atoms with Gasteiger partial charge in [-0.2, -0.15) is 5.10 Å². The molecule has 6 heteroatoms. The Morgan fingerprint density at radius 2 is 1.52 bits per heavy atom. The molecule has 0 aliphatic rings. The van der Waals surface area contributed by atoms with Crippen molar-refractivity contribution >= 4 is 28.4 Å². The van der Waals surface area contributed by atoms with Gasteiger partial charge >= 0.3 is 0 Å². The Morgan fingerprint density at radius 1 is 0.913 bits per heavy atom. The maximum Gasteiger partial charge on any atom is 0.159 e. The van der Waals surface area contributed by atoms with Crippen LogP contribution in [0.4, 0.5) is 5.82 Å². The Morgan fingerprint density at radius 3 is 2.09 bits per heavy atom. The van der Waals surface area contributed by atoms with E-state index in [9.17, 15) is 0 Å². The van der Waals surface area contributed by atoms with Gasteiger partial charge in [-0.1, -0.05) is 18.2 Å². The van der Waals surface area contributed by atoms with E-state index in [1.54, 1.807) is 0 Å². The van der Waals surface area contributed by atoms with Crippen molar-refractivity contribution in [3.63, 3.8) is 0 Å². The molecule has 3 aromatic rings. The van der Waals surface area contributed by atoms with Crippen LogP contribution in [0.2, 0.25) is 0 Å². The van der Waals surface area contributed by atoms with Gasteiger partial charge in [0.2, 0.25) is 0 Å². The van der Waals surface area contributed by atoms with E-state index in [4.69, 9.17) is 15.2 Å². The average Bonchev–Trinajstić information content (AvgIpc) is 2.93. The molecule has 0 aliphatic carbocycles. The summed E-state index contributed by atoms with van der Waals surface area (Å²) in [5.74, 6) is 2.16. The first-order chi connectivity index (χ1) is 11.2. The molecule has 1 heterocycles. The molecule has 118 valence electrons. The van der Waals surface area contributed by atoms with Crippen LogP contribution in [-0.2, 0) is 0 Å². The SMILES string of the molecule is Nc1n[nH]c(-c2ccc(OCCOc3ccccc3)cc2)c1I. The molecule has 0 amide bonds. The van der Waals surface area contributed by atoms with Gasteiger partial charge in [-0.15, -0.1) is 0 Å². The second-order valence-corrected chi connectivity index (χ2v) is 5.91. The van der Waals surface area contributed by atoms with E-state index in [2.05, 4.69) is 32.8 Å². The van der Waals surface area contributed by atoms with Gasteiger partial charge in [0, 0.05) is 5.56 Å². The highest BCUT2D eigenvalue weighted by atomic mass is 127. The number of aromatic amines is 1. The van der Waals surface area contributed by atoms with Crippen LogP contribution in [0.5, 0.6) is 11.5 Å². The number of aromatic nitrogens is 2. The average molecular weight is 421 g/mol. The fraction of sp³-hybridized carbons (Fsp3) is 0.118. The number of nitrogens with two attached hydrogens (primary N) is 1. The third-order valence-corrected chi connectivity index (χ3v) is 4.33. The Kier molecular flexibility index (Phi) is 5.02. The van der Waals surface area contributed by atoms with Crippen LogP contribution in [0.15, 0.2) is 54.6 Å². The van der Waals surface area contributed by atoms with E-state index < -0.39 is 0 Å². The van der Waals surface area contributed by atoms with Crippen LogP contribution >= 0.6 is 22.6 Å². The minimum atomic E-state index is 0.489. The zero-order valence-electron chi connectivity index (χ0n) is 12.3. The molecule has 0 fully saturated rings. The molecule has 0 spiro atoms. The number of hydrogen-bond donors (Lipinski definition) is 2. The lowest BCUT2D eigenvalue weighted by atomic mass is 10.1. The van der Waals surface area contributed by atoms with Gasteiger partial charge < -0.3 is 15.2 Å². The van der Waals surface area contributed by atoms with E-state index >= 15 is 0 Å². The van der Waals surface area contributed by atoms with E-state index in [-0.39, 0.29) is 0 Å². The number of rotatable bonds is 6. The highest BCUT2D eigenvalue weighted by Crippen LogP contribution is 2.27. The first kappa shape index (κ1) is 15.7. The molecule has 0 aliphatic heterocycles. The number of benzene rings is 2. The van der Waals surface area contributed by atoms with Crippen LogP contribution in [0, 0.1) is 3.57 Å². The van der Waals surface area contributed by atoms with Crippen LogP contribution in [0.1, 0.15) is 0 Å². The molecule has 23 heavy (non-hydrogen) atoms. The monoisotopic (exact) mass is 421 g/mol. The summed E-state index contributed by atoms with van der Waals surface area (Å²) in [5.41, 5.74) is 7.69. The molecule has 5 nitrogen and oxygen atoms in total. The normalized spacial score (nSPS) is 10.5. The second-order valence-electron chi connectivity index (χ2n) is 4.83. The van der Waals surface area contributed by atoms with Gasteiger partial charge in [0.1, 0.15) is 24.7 Å². The molecule has 1 aromatic heterocycles. The largest absolute Gasteiger partial charge is 0.490 e. The lowest BCUT2D eigenvalue weighted by Crippen LogP contribution is -2.08. The quantitative estimate of drug-likeness (QED) is 0.470. The number of nitrogen functional groups attached to an aromatic ring is 1. The first-order valence-corrected chi connectivity index (χ1v) is 8.22. The number of hydrogen-bond acceptors (Lipinski definition) is 4. The number of para-hydroxylation sites is 1. The summed E-state index contributed by atoms with van der Waals surface area (Å²) in [6, 6.07) is 17.5. The summed E-state index contributed by atoms with van der Waals surface area (Å²) in [5, 5.41) is 6.94. The van der Waals surface area contributed by atoms with Crippen molar-refractivity contribution in [3.8, 4) is 22.8 Å². The van der Waals surface area contributed by atoms with E-state index in [1.165, 1.54) is 0 Å². The standard InChI is InChI=1S/C17H16IN3O2/c18-15-16(20-21-17(15)19)12-6-8-14(9-7-12)23-11-10-22-13-4-2-1-3-5-13/h1-9H,10-11H2,(H3,19,20,21). The van der Waals surface area contributed by atoms with Gasteiger partial charge in [0.05, 0.1) is 9.26 Å². The molecule has 0 unspecified atom stereocenters. The summed E-state index contributed by atoms with van der Waals surface area (Å²) < 4.78 is 12.2. The molecular formula is C17H16IN3O2. The van der Waals surface area contributed by atoms with E-state index in [1.807, 2.05) is 54.6 Å². The number of halogens is 1. The van der Waals surface area contributed by atoms with Crippen molar-refractivity contribution in [2.75, 3.05) is 18.9 Å². The molecule has 0 saturated carbocycles. The van der Waals surface area contributed by atoms with Crippen LogP contribution in [0.25, 0.3) is 11.3 Å². The van der Waals surface area contributed by atoms with Crippen molar-refractivity contribution in [2.24, 2.45) is 0 Å². The summed E-state index contributed by atoms with van der Waals surface area (Å²) in [7, 11) is 0. The maximum atomic E-state index is 5.75. The minimum absolute atomic E-state index is 0.489. The highest BCUT2D eigenvalue weighted by molar-refractivity contribution is 14.1. The molecule has 0 saturated heterocycles. The summed E-state index contributed by atoms with van der Waals surface area (Å²) in [4.78, 5) is 0. The smallest absolute Gasteiger partial charge is 0.159 e. The molecule has 0 bridgehead atoms. The van der Waals surface area contributed by atoms with Crippen molar-refractivity contribution in [1.29, 1.82) is 0 Å². The number of ether oxygens (including phenoxy) is 2. The van der Waals surface area contributed by atoms with Crippen LogP contribution in [0.3, 0.4) is 0 Å². The maximum absolute atomic E-state index is 5.75. The molecule has 3 rings (SSSR count). The van der Waals surface area contributed by atoms with Gasteiger partial charge in [0.25, 0.3) is 0 Å². The first-order valence-electron chi connectivity index (χ1n) is 7.14. The number of H-pyrrole nitrogens is 1. The van der Waals surface area contributed by atoms with Crippen LogP contribution < -0.4 is 15.2 Å². The fourth-order valence-electron chi connectivity index (χ4n) is 2.09. The zero-order valence-corrected chi connectivity index (χ0v) is 14.5. The summed E-state index contributed by atoms with van der Waals surface area (Å²) >= 11 is 2.18. The van der Waals surface area contributed by atoms with Gasteiger partial charge in [-0.05, 0) is 59.0 Å². The highest BCUT2D eigenvalue weighted by Gasteiger charge is 2.09. The van der Waals surface area contributed by atoms with Gasteiger partial charge in [-0.3, -0.25) is 5.10 Å². The number of anilines is 1. The lowest BCUT2D eigenvalue weighted by Gasteiger charge is -2.08. The molecule has 3 N–H and O–H groups in total. The third-order valence-electron chi connectivity index (χ3n) is 3.24. The van der Waals surface area contributed by atoms with Gasteiger partial charge in [-0.25, -0.2) is 0 Å². The van der Waals surface area contributed by atoms with E-state index in [0.717, 1.165) is 26.3 Å². The topological polar surface area (TPSA) is 73.2 Å². The molecular weight excluding hydrogens is 405 g/mol. The predicted octanol–water partition coefficient (Wildman–Crippen LogP) is 3.72. The summed E-state index contributed by atoms with van der Waals surface area (Å²) in [6.07, 6.45) is 0. The zero-order chi connectivity index (χ0) is 16.1. The molecule has 0 atom stereocenters. The Bertz CT molecular complexity index is 757. The second kappa shape index (κ2) is 7.36. The van der Waals surface area contributed by atoms with Crippen molar-refractivity contribution in [1.82, 2.24) is 10.2 Å². The van der Waals surface area contributed by atoms with Crippen LogP contribution in [-0.4, -0.2) is 23.4 Å². The van der Waals surface area contributed by atoms with Crippen molar-refractivity contribution < 1.29 is 9.47 Å². The van der Waals surface area contributed by atoms with Crippen molar-refractivity contribution in [2.45, 2.75) is 0 Å². The van der Waals surface area contributed by atoms with Crippen molar-refractivity contribution in [3.05, 3.63) is 58.2 Å².